The van der Waals surface area contributed by atoms with Gasteiger partial charge < -0.3 is 9.84 Å². The van der Waals surface area contributed by atoms with E-state index < -0.39 is 0 Å². The van der Waals surface area contributed by atoms with Gasteiger partial charge in [0.25, 0.3) is 0 Å². The van der Waals surface area contributed by atoms with Crippen molar-refractivity contribution in [2.75, 3.05) is 6.61 Å². The fourth-order valence-electron chi connectivity index (χ4n) is 1.89. The van der Waals surface area contributed by atoms with Crippen molar-refractivity contribution < 1.29 is 9.84 Å². The number of aryl methyl sites for hydroxylation is 1. The van der Waals surface area contributed by atoms with E-state index in [1.807, 2.05) is 25.1 Å². The molecule has 0 amide bonds. The summed E-state index contributed by atoms with van der Waals surface area (Å²) in [5, 5.41) is 9.66. The lowest BCUT2D eigenvalue weighted by Gasteiger charge is -2.08. The first-order chi connectivity index (χ1) is 7.70. The number of aliphatic hydroxyl groups is 1. The van der Waals surface area contributed by atoms with Gasteiger partial charge >= 0.3 is 0 Å². The Balaban J connectivity index is 2.08. The molecular weight excluding hydrogens is 224 g/mol. The molecule has 86 valence electrons. The van der Waals surface area contributed by atoms with Gasteiger partial charge in [0.05, 0.1) is 6.10 Å². The molecule has 0 radical (unpaired) electrons. The molecule has 0 unspecified atom stereocenters. The van der Waals surface area contributed by atoms with Gasteiger partial charge in [-0.05, 0) is 48.6 Å². The second-order valence-corrected chi connectivity index (χ2v) is 4.38. The smallest absolute Gasteiger partial charge is 0.120 e. The van der Waals surface area contributed by atoms with Crippen LogP contribution in [-0.2, 0) is 6.42 Å². The molecule has 0 spiro atoms. The van der Waals surface area contributed by atoms with Crippen LogP contribution in [0.5, 0.6) is 5.75 Å². The van der Waals surface area contributed by atoms with Crippen LogP contribution in [0.4, 0.5) is 0 Å². The van der Waals surface area contributed by atoms with Crippen molar-refractivity contribution in [1.29, 1.82) is 0 Å². The molecule has 0 bridgehead atoms. The van der Waals surface area contributed by atoms with E-state index in [9.17, 15) is 5.11 Å². The first kappa shape index (κ1) is 11.5. The highest BCUT2D eigenvalue weighted by Crippen LogP contribution is 2.33. The van der Waals surface area contributed by atoms with Crippen LogP contribution in [-0.4, -0.2) is 11.7 Å². The molecule has 0 aliphatic heterocycles. The van der Waals surface area contributed by atoms with E-state index in [0.29, 0.717) is 6.61 Å². The fourth-order valence-corrected chi connectivity index (χ4v) is 1.95. The Kier molecular flexibility index (Phi) is 3.52. The normalized spacial score (nSPS) is 19.7. The van der Waals surface area contributed by atoms with Gasteiger partial charge in [-0.15, -0.1) is 0 Å². The minimum absolute atomic E-state index is 0.298. The number of halogens is 1. The third-order valence-electron chi connectivity index (χ3n) is 2.81. The molecule has 16 heavy (non-hydrogen) atoms. The molecule has 2 rings (SSSR count). The van der Waals surface area contributed by atoms with Gasteiger partial charge in [0.15, 0.2) is 0 Å². The van der Waals surface area contributed by atoms with Crippen molar-refractivity contribution in [3.05, 3.63) is 40.4 Å². The lowest BCUT2D eigenvalue weighted by molar-refractivity contribution is 0.180. The Morgan fingerprint density at radius 3 is 3.19 bits per heavy atom. The second kappa shape index (κ2) is 4.89. The van der Waals surface area contributed by atoms with Crippen LogP contribution >= 0.6 is 11.6 Å². The van der Waals surface area contributed by atoms with Gasteiger partial charge in [0.1, 0.15) is 12.4 Å². The summed E-state index contributed by atoms with van der Waals surface area (Å²) >= 11 is 5.56. The molecule has 1 aliphatic carbocycles. The topological polar surface area (TPSA) is 29.5 Å². The summed E-state index contributed by atoms with van der Waals surface area (Å²) in [6, 6.07) is 5.85. The maximum atomic E-state index is 9.66. The zero-order valence-corrected chi connectivity index (χ0v) is 10.00. The average Bonchev–Trinajstić information content (AvgIpc) is 2.67. The van der Waals surface area contributed by atoms with Crippen LogP contribution in [0.2, 0.25) is 0 Å². The van der Waals surface area contributed by atoms with Crippen LogP contribution in [0, 0.1) is 0 Å². The predicted octanol–water partition coefficient (Wildman–Crippen LogP) is 3.19. The minimum Gasteiger partial charge on any atom is -0.489 e. The largest absolute Gasteiger partial charge is 0.489 e. The van der Waals surface area contributed by atoms with Crippen molar-refractivity contribution in [3.63, 3.8) is 0 Å². The summed E-state index contributed by atoms with van der Waals surface area (Å²) in [6.07, 6.45) is 1.45. The van der Waals surface area contributed by atoms with Gasteiger partial charge in [0, 0.05) is 5.54 Å². The Bertz CT molecular complexity index is 412. The number of aliphatic hydroxyl groups excluding tert-OH is 1. The molecule has 1 aromatic carbocycles. The highest BCUT2D eigenvalue weighted by atomic mass is 35.5. The first-order valence-corrected chi connectivity index (χ1v) is 5.84. The summed E-state index contributed by atoms with van der Waals surface area (Å²) < 4.78 is 5.58. The number of hydrogen-bond acceptors (Lipinski definition) is 2. The van der Waals surface area contributed by atoms with Crippen molar-refractivity contribution in [2.24, 2.45) is 0 Å². The van der Waals surface area contributed by atoms with E-state index in [4.69, 9.17) is 16.3 Å². The van der Waals surface area contributed by atoms with Crippen molar-refractivity contribution in [2.45, 2.75) is 25.9 Å². The van der Waals surface area contributed by atoms with E-state index in [2.05, 4.69) is 0 Å². The molecule has 2 nitrogen and oxygen atoms in total. The average molecular weight is 239 g/mol. The summed E-state index contributed by atoms with van der Waals surface area (Å²) in [6.45, 7) is 2.43. The Morgan fingerprint density at radius 2 is 2.44 bits per heavy atom. The molecule has 0 saturated carbocycles. The Hall–Kier alpha value is -0.990. The molecule has 1 atom stereocenters. The first-order valence-electron chi connectivity index (χ1n) is 5.40. The van der Waals surface area contributed by atoms with Gasteiger partial charge in [-0.25, -0.2) is 0 Å². The van der Waals surface area contributed by atoms with Gasteiger partial charge in [0.2, 0.25) is 0 Å². The van der Waals surface area contributed by atoms with Crippen molar-refractivity contribution in [3.8, 4) is 5.75 Å². The van der Waals surface area contributed by atoms with E-state index in [0.717, 1.165) is 29.7 Å². The highest BCUT2D eigenvalue weighted by molar-refractivity contribution is 6.25. The lowest BCUT2D eigenvalue weighted by Crippen LogP contribution is -1.99. The highest BCUT2D eigenvalue weighted by Gasteiger charge is 2.20. The van der Waals surface area contributed by atoms with Crippen LogP contribution in [0.1, 0.15) is 30.6 Å². The van der Waals surface area contributed by atoms with E-state index >= 15 is 0 Å². The molecule has 0 fully saturated rings. The second-order valence-electron chi connectivity index (χ2n) is 4.16. The third-order valence-corrected chi connectivity index (χ3v) is 3.19. The SMILES string of the molecule is C/C(=C/Cl)COc1ccc2c(c1)CC[C@@H]2O. The molecule has 3 heteroatoms. The minimum atomic E-state index is -0.298. The van der Waals surface area contributed by atoms with Gasteiger partial charge in [-0.1, -0.05) is 17.7 Å². The number of hydrogen-bond donors (Lipinski definition) is 1. The van der Waals surface area contributed by atoms with E-state index in [1.165, 1.54) is 11.1 Å². The Morgan fingerprint density at radius 1 is 1.62 bits per heavy atom. The molecule has 1 N–H and O–H groups in total. The summed E-state index contributed by atoms with van der Waals surface area (Å²) in [5.41, 5.74) is 4.74. The monoisotopic (exact) mass is 238 g/mol. The summed E-state index contributed by atoms with van der Waals surface area (Å²) in [4.78, 5) is 0. The van der Waals surface area contributed by atoms with Crippen molar-refractivity contribution in [1.82, 2.24) is 0 Å². The third kappa shape index (κ3) is 2.39. The van der Waals surface area contributed by atoms with Crippen LogP contribution in [0.15, 0.2) is 29.3 Å². The molecule has 1 aromatic rings. The maximum absolute atomic E-state index is 9.66. The van der Waals surface area contributed by atoms with Crippen LogP contribution in [0.3, 0.4) is 0 Å². The summed E-state index contributed by atoms with van der Waals surface area (Å²) in [5.74, 6) is 0.839. The molecule has 1 aliphatic rings. The van der Waals surface area contributed by atoms with E-state index in [-0.39, 0.29) is 6.10 Å². The lowest BCUT2D eigenvalue weighted by atomic mass is 10.1. The fraction of sp³-hybridized carbons (Fsp3) is 0.385. The standard InChI is InChI=1S/C13H15ClO2/c1-9(7-14)8-16-11-3-4-12-10(6-11)2-5-13(12)15/h3-4,6-7,13,15H,2,5,8H2,1H3/b9-7-/t13-/m0/s1. The number of ether oxygens (including phenoxy) is 1. The van der Waals surface area contributed by atoms with E-state index in [1.54, 1.807) is 0 Å². The molecule has 0 saturated heterocycles. The van der Waals surface area contributed by atoms with Gasteiger partial charge in [-0.3, -0.25) is 0 Å². The number of fused-ring (bicyclic) bond motifs is 1. The van der Waals surface area contributed by atoms with Crippen LogP contribution in [0.25, 0.3) is 0 Å². The van der Waals surface area contributed by atoms with Crippen molar-refractivity contribution >= 4 is 11.6 Å². The summed E-state index contributed by atoms with van der Waals surface area (Å²) in [7, 11) is 0. The van der Waals surface area contributed by atoms with Gasteiger partial charge in [-0.2, -0.15) is 0 Å². The zero-order valence-electron chi connectivity index (χ0n) is 9.24. The maximum Gasteiger partial charge on any atom is 0.120 e. The Labute approximate surface area is 101 Å². The number of benzene rings is 1. The quantitative estimate of drug-likeness (QED) is 0.877. The molecular formula is C13H15ClO2. The van der Waals surface area contributed by atoms with Crippen LogP contribution < -0.4 is 4.74 Å². The molecule has 0 aromatic heterocycles. The predicted molar refractivity (Wildman–Crippen MR) is 64.8 cm³/mol. The molecule has 0 heterocycles. The number of rotatable bonds is 3. The zero-order chi connectivity index (χ0) is 11.5.